The third-order valence-electron chi connectivity index (χ3n) is 3.98. The first-order valence-corrected chi connectivity index (χ1v) is 8.24. The SMILES string of the molecule is Cc1c(F)cc(C(=O)N(C)CC2CC2C)cc1S(N)(=O)=O. The number of halogens is 1. The van der Waals surface area contributed by atoms with Crippen LogP contribution in [0.15, 0.2) is 17.0 Å². The molecule has 1 aliphatic carbocycles. The van der Waals surface area contributed by atoms with E-state index in [0.29, 0.717) is 18.4 Å². The van der Waals surface area contributed by atoms with Gasteiger partial charge in [0.1, 0.15) is 5.82 Å². The minimum Gasteiger partial charge on any atom is -0.341 e. The van der Waals surface area contributed by atoms with Gasteiger partial charge >= 0.3 is 0 Å². The van der Waals surface area contributed by atoms with Gasteiger partial charge in [-0.05, 0) is 37.3 Å². The second-order valence-corrected chi connectivity index (χ2v) is 7.31. The lowest BCUT2D eigenvalue weighted by Gasteiger charge is -2.18. The van der Waals surface area contributed by atoms with Crippen molar-refractivity contribution in [3.63, 3.8) is 0 Å². The van der Waals surface area contributed by atoms with E-state index in [4.69, 9.17) is 5.14 Å². The summed E-state index contributed by atoms with van der Waals surface area (Å²) in [4.78, 5) is 13.4. The lowest BCUT2D eigenvalue weighted by molar-refractivity contribution is 0.0786. The van der Waals surface area contributed by atoms with E-state index in [1.165, 1.54) is 11.8 Å². The van der Waals surface area contributed by atoms with E-state index in [2.05, 4.69) is 6.92 Å². The summed E-state index contributed by atoms with van der Waals surface area (Å²) >= 11 is 0. The van der Waals surface area contributed by atoms with E-state index in [1.54, 1.807) is 7.05 Å². The molecule has 1 aliphatic rings. The van der Waals surface area contributed by atoms with Gasteiger partial charge in [0.15, 0.2) is 0 Å². The Balaban J connectivity index is 2.31. The summed E-state index contributed by atoms with van der Waals surface area (Å²) in [6, 6.07) is 2.20. The largest absolute Gasteiger partial charge is 0.341 e. The monoisotopic (exact) mass is 314 g/mol. The Bertz CT molecular complexity index is 688. The van der Waals surface area contributed by atoms with Crippen LogP contribution in [-0.2, 0) is 10.0 Å². The lowest BCUT2D eigenvalue weighted by Crippen LogP contribution is -2.29. The van der Waals surface area contributed by atoms with Crippen LogP contribution in [0.25, 0.3) is 0 Å². The van der Waals surface area contributed by atoms with Gasteiger partial charge in [0.2, 0.25) is 10.0 Å². The van der Waals surface area contributed by atoms with Crippen molar-refractivity contribution in [3.05, 3.63) is 29.1 Å². The topological polar surface area (TPSA) is 80.5 Å². The van der Waals surface area contributed by atoms with Crippen LogP contribution in [0.1, 0.15) is 29.3 Å². The predicted molar refractivity (Wildman–Crippen MR) is 76.7 cm³/mol. The molecule has 21 heavy (non-hydrogen) atoms. The normalized spacial score (nSPS) is 21.2. The molecule has 2 rings (SSSR count). The molecule has 116 valence electrons. The van der Waals surface area contributed by atoms with Crippen molar-refractivity contribution in [2.75, 3.05) is 13.6 Å². The number of carbonyl (C=O) groups excluding carboxylic acids is 1. The van der Waals surface area contributed by atoms with E-state index < -0.39 is 21.7 Å². The minimum absolute atomic E-state index is 0.00192. The van der Waals surface area contributed by atoms with E-state index in [0.717, 1.165) is 18.6 Å². The zero-order valence-corrected chi connectivity index (χ0v) is 13.1. The molecule has 0 aromatic heterocycles. The summed E-state index contributed by atoms with van der Waals surface area (Å²) in [5, 5.41) is 5.06. The number of nitrogens with two attached hydrogens (primary N) is 1. The Morgan fingerprint density at radius 3 is 2.52 bits per heavy atom. The van der Waals surface area contributed by atoms with Crippen molar-refractivity contribution in [3.8, 4) is 0 Å². The van der Waals surface area contributed by atoms with Crippen LogP contribution in [-0.4, -0.2) is 32.8 Å². The van der Waals surface area contributed by atoms with Crippen molar-refractivity contribution in [1.29, 1.82) is 0 Å². The number of hydrogen-bond donors (Lipinski definition) is 1. The first kappa shape index (κ1) is 15.9. The van der Waals surface area contributed by atoms with Crippen molar-refractivity contribution in [1.82, 2.24) is 4.90 Å². The van der Waals surface area contributed by atoms with Crippen LogP contribution in [0, 0.1) is 24.6 Å². The highest BCUT2D eigenvalue weighted by Gasteiger charge is 2.34. The van der Waals surface area contributed by atoms with Gasteiger partial charge in [-0.2, -0.15) is 0 Å². The number of primary sulfonamides is 1. The van der Waals surface area contributed by atoms with Crippen molar-refractivity contribution in [2.24, 2.45) is 17.0 Å². The number of rotatable bonds is 4. The molecule has 2 N–H and O–H groups in total. The highest BCUT2D eigenvalue weighted by molar-refractivity contribution is 7.89. The highest BCUT2D eigenvalue weighted by Crippen LogP contribution is 2.38. The molecule has 5 nitrogen and oxygen atoms in total. The summed E-state index contributed by atoms with van der Waals surface area (Å²) in [7, 11) is -2.44. The summed E-state index contributed by atoms with van der Waals surface area (Å²) in [5.74, 6) is -0.0992. The van der Waals surface area contributed by atoms with E-state index >= 15 is 0 Å². The van der Waals surface area contributed by atoms with Gasteiger partial charge < -0.3 is 4.90 Å². The summed E-state index contributed by atoms with van der Waals surface area (Å²) < 4.78 is 36.8. The van der Waals surface area contributed by atoms with Crippen LogP contribution < -0.4 is 5.14 Å². The molecule has 1 aromatic carbocycles. The molecule has 0 saturated heterocycles. The first-order valence-electron chi connectivity index (χ1n) is 6.69. The van der Waals surface area contributed by atoms with Crippen molar-refractivity contribution in [2.45, 2.75) is 25.2 Å². The minimum atomic E-state index is -4.07. The Labute approximate surface area is 124 Å². The second-order valence-electron chi connectivity index (χ2n) is 5.78. The highest BCUT2D eigenvalue weighted by atomic mass is 32.2. The number of nitrogens with zero attached hydrogens (tertiary/aromatic N) is 1. The molecule has 0 spiro atoms. The van der Waals surface area contributed by atoms with Crippen LogP contribution in [0.3, 0.4) is 0 Å². The fraction of sp³-hybridized carbons (Fsp3) is 0.500. The fourth-order valence-electron chi connectivity index (χ4n) is 2.38. The van der Waals surface area contributed by atoms with Gasteiger partial charge in [0, 0.05) is 24.7 Å². The Morgan fingerprint density at radius 1 is 1.48 bits per heavy atom. The number of hydrogen-bond acceptors (Lipinski definition) is 3. The zero-order valence-electron chi connectivity index (χ0n) is 12.3. The van der Waals surface area contributed by atoms with Gasteiger partial charge in [-0.25, -0.2) is 17.9 Å². The summed E-state index contributed by atoms with van der Waals surface area (Å²) in [6.45, 7) is 4.01. The number of benzene rings is 1. The molecule has 1 aromatic rings. The molecule has 1 saturated carbocycles. The first-order chi connectivity index (χ1) is 9.61. The molecular formula is C14H19FN2O3S. The number of carbonyl (C=O) groups is 1. The average Bonchev–Trinajstić information content (AvgIpc) is 3.05. The van der Waals surface area contributed by atoms with Gasteiger partial charge in [0.05, 0.1) is 4.90 Å². The van der Waals surface area contributed by atoms with Crippen molar-refractivity contribution < 1.29 is 17.6 Å². The zero-order chi connectivity index (χ0) is 15.9. The molecular weight excluding hydrogens is 295 g/mol. The molecule has 0 aliphatic heterocycles. The Hall–Kier alpha value is -1.47. The van der Waals surface area contributed by atoms with E-state index in [1.807, 2.05) is 0 Å². The predicted octanol–water partition coefficient (Wildman–Crippen LogP) is 1.51. The maximum Gasteiger partial charge on any atom is 0.253 e. The maximum atomic E-state index is 13.8. The molecule has 1 amide bonds. The van der Waals surface area contributed by atoms with E-state index in [9.17, 15) is 17.6 Å². The standard InChI is InChI=1S/C14H19FN2O3S/c1-8-4-11(8)7-17(3)14(18)10-5-12(15)9(2)13(6-10)21(16,19)20/h5-6,8,11H,4,7H2,1-3H3,(H2,16,19,20). The van der Waals surface area contributed by atoms with Crippen LogP contribution in [0.2, 0.25) is 0 Å². The van der Waals surface area contributed by atoms with Gasteiger partial charge in [0.25, 0.3) is 5.91 Å². The van der Waals surface area contributed by atoms with Crippen LogP contribution >= 0.6 is 0 Å². The van der Waals surface area contributed by atoms with Gasteiger partial charge in [-0.3, -0.25) is 4.79 Å². The molecule has 0 heterocycles. The fourth-order valence-corrected chi connectivity index (χ4v) is 3.20. The maximum absolute atomic E-state index is 13.8. The molecule has 2 unspecified atom stereocenters. The van der Waals surface area contributed by atoms with Gasteiger partial charge in [-0.15, -0.1) is 0 Å². The summed E-state index contributed by atoms with van der Waals surface area (Å²) in [5.41, 5.74) is -0.0783. The molecule has 0 radical (unpaired) electrons. The smallest absolute Gasteiger partial charge is 0.253 e. The third kappa shape index (κ3) is 3.41. The third-order valence-corrected chi connectivity index (χ3v) is 5.02. The van der Waals surface area contributed by atoms with Crippen molar-refractivity contribution >= 4 is 15.9 Å². The second kappa shape index (κ2) is 5.38. The Morgan fingerprint density at radius 2 is 2.05 bits per heavy atom. The average molecular weight is 314 g/mol. The molecule has 2 atom stereocenters. The van der Waals surface area contributed by atoms with Crippen LogP contribution in [0.4, 0.5) is 4.39 Å². The quantitative estimate of drug-likeness (QED) is 0.914. The van der Waals surface area contributed by atoms with Gasteiger partial charge in [-0.1, -0.05) is 6.92 Å². The van der Waals surface area contributed by atoms with Crippen LogP contribution in [0.5, 0.6) is 0 Å². The summed E-state index contributed by atoms with van der Waals surface area (Å²) in [6.07, 6.45) is 1.07. The molecule has 1 fully saturated rings. The van der Waals surface area contributed by atoms with E-state index in [-0.39, 0.29) is 16.0 Å². The lowest BCUT2D eigenvalue weighted by atomic mass is 10.1. The number of sulfonamides is 1. The molecule has 7 heteroatoms. The Kier molecular flexibility index (Phi) is 4.08. The number of amides is 1. The molecule has 0 bridgehead atoms.